The van der Waals surface area contributed by atoms with Gasteiger partial charge in [-0.1, -0.05) is 62.9 Å². The summed E-state index contributed by atoms with van der Waals surface area (Å²) in [6.07, 6.45) is 2.96. The number of hydrogen-bond acceptors (Lipinski definition) is 5. The van der Waals surface area contributed by atoms with Crippen LogP contribution in [0.15, 0.2) is 40.3 Å². The minimum Gasteiger partial charge on any atom is -0.481 e. The van der Waals surface area contributed by atoms with E-state index in [9.17, 15) is 9.59 Å². The van der Waals surface area contributed by atoms with Crippen molar-refractivity contribution in [3.8, 4) is 0 Å². The molecule has 2 heterocycles. The van der Waals surface area contributed by atoms with E-state index in [1.54, 1.807) is 15.9 Å². The van der Waals surface area contributed by atoms with Crippen molar-refractivity contribution in [1.82, 2.24) is 9.55 Å². The average Bonchev–Trinajstić information content (AvgIpc) is 3.06. The normalized spacial score (nSPS) is 16.6. The summed E-state index contributed by atoms with van der Waals surface area (Å²) in [4.78, 5) is 31.5. The highest BCUT2D eigenvalue weighted by Gasteiger charge is 2.32. The highest BCUT2D eigenvalue weighted by molar-refractivity contribution is 7.99. The van der Waals surface area contributed by atoms with E-state index in [0.717, 1.165) is 52.4 Å². The van der Waals surface area contributed by atoms with Crippen LogP contribution >= 0.6 is 23.1 Å². The molecule has 2 aromatic heterocycles. The monoisotopic (exact) mass is 442 g/mol. The summed E-state index contributed by atoms with van der Waals surface area (Å²) < 4.78 is 1.65. The van der Waals surface area contributed by atoms with Crippen LogP contribution in [0.3, 0.4) is 0 Å². The van der Waals surface area contributed by atoms with Crippen molar-refractivity contribution >= 4 is 39.3 Å². The van der Waals surface area contributed by atoms with Gasteiger partial charge in [0.05, 0.1) is 17.7 Å². The number of fused-ring (bicyclic) bond motifs is 3. The first kappa shape index (κ1) is 21.1. The van der Waals surface area contributed by atoms with E-state index in [0.29, 0.717) is 17.6 Å². The van der Waals surface area contributed by atoms with Crippen molar-refractivity contribution < 1.29 is 9.90 Å². The van der Waals surface area contributed by atoms with Crippen LogP contribution in [-0.4, -0.2) is 26.4 Å². The van der Waals surface area contributed by atoms with Crippen LogP contribution in [0.5, 0.6) is 0 Å². The molecule has 0 radical (unpaired) electrons. The van der Waals surface area contributed by atoms with Crippen LogP contribution in [0, 0.1) is 11.3 Å². The van der Waals surface area contributed by atoms with E-state index in [4.69, 9.17) is 10.1 Å². The first-order valence-corrected chi connectivity index (χ1v) is 12.0. The number of aryl methyl sites for hydroxylation is 1. The number of aromatic nitrogens is 2. The number of benzene rings is 1. The molecule has 158 valence electrons. The summed E-state index contributed by atoms with van der Waals surface area (Å²) in [6.45, 7) is 7.23. The van der Waals surface area contributed by atoms with Gasteiger partial charge in [0, 0.05) is 4.88 Å². The van der Waals surface area contributed by atoms with Gasteiger partial charge in [0.2, 0.25) is 0 Å². The predicted octanol–water partition coefficient (Wildman–Crippen LogP) is 4.83. The molecule has 30 heavy (non-hydrogen) atoms. The maximum atomic E-state index is 13.6. The fraction of sp³-hybridized carbons (Fsp3) is 0.435. The molecule has 4 rings (SSSR count). The van der Waals surface area contributed by atoms with Crippen molar-refractivity contribution in [2.45, 2.75) is 51.7 Å². The maximum Gasteiger partial charge on any atom is 0.313 e. The van der Waals surface area contributed by atoms with Crippen LogP contribution in [-0.2, 0) is 24.2 Å². The Morgan fingerprint density at radius 3 is 2.70 bits per heavy atom. The molecule has 0 spiro atoms. The topological polar surface area (TPSA) is 72.2 Å². The number of rotatable bonds is 5. The van der Waals surface area contributed by atoms with Gasteiger partial charge in [-0.05, 0) is 41.7 Å². The molecule has 0 saturated carbocycles. The Kier molecular flexibility index (Phi) is 5.77. The number of thiophene rings is 1. The van der Waals surface area contributed by atoms with Crippen LogP contribution < -0.4 is 5.56 Å². The molecule has 1 aliphatic carbocycles. The lowest BCUT2D eigenvalue weighted by Gasteiger charge is -2.33. The summed E-state index contributed by atoms with van der Waals surface area (Å²) in [5, 5.41) is 10.4. The largest absolute Gasteiger partial charge is 0.481 e. The summed E-state index contributed by atoms with van der Waals surface area (Å²) in [6, 6.07) is 9.76. The third kappa shape index (κ3) is 4.18. The highest BCUT2D eigenvalue weighted by atomic mass is 32.2. The summed E-state index contributed by atoms with van der Waals surface area (Å²) in [5.74, 6) is -0.450. The summed E-state index contributed by atoms with van der Waals surface area (Å²) in [5.41, 5.74) is 2.33. The second-order valence-electron chi connectivity index (χ2n) is 8.94. The summed E-state index contributed by atoms with van der Waals surface area (Å²) >= 11 is 2.73. The molecule has 3 aromatic rings. The van der Waals surface area contributed by atoms with Crippen molar-refractivity contribution in [1.29, 1.82) is 0 Å². The molecule has 7 heteroatoms. The molecule has 0 fully saturated rings. The SMILES string of the molecule is CC(C)(C)[C@H]1CCc2c(sc3nc(SCC(=O)O)n(Cc4ccccc4)c(=O)c23)C1. The first-order chi connectivity index (χ1) is 14.2. The number of aliphatic carboxylic acids is 1. The van der Waals surface area contributed by atoms with E-state index in [1.165, 1.54) is 4.88 Å². The van der Waals surface area contributed by atoms with Crippen molar-refractivity contribution in [2.24, 2.45) is 11.3 Å². The zero-order chi connectivity index (χ0) is 21.5. The molecule has 1 N–H and O–H groups in total. The second-order valence-corrected chi connectivity index (χ2v) is 11.0. The van der Waals surface area contributed by atoms with Crippen LogP contribution in [0.1, 0.15) is 43.2 Å². The molecular weight excluding hydrogens is 416 g/mol. The Morgan fingerprint density at radius 2 is 2.03 bits per heavy atom. The van der Waals surface area contributed by atoms with Gasteiger partial charge in [-0.25, -0.2) is 4.98 Å². The number of carboxylic acid groups (broad SMARTS) is 1. The molecule has 0 saturated heterocycles. The van der Waals surface area contributed by atoms with E-state index in [1.807, 2.05) is 30.3 Å². The Labute approximate surface area is 184 Å². The molecule has 1 aliphatic rings. The van der Waals surface area contributed by atoms with Crippen LogP contribution in [0.4, 0.5) is 0 Å². The van der Waals surface area contributed by atoms with Crippen LogP contribution in [0.25, 0.3) is 10.2 Å². The lowest BCUT2D eigenvalue weighted by molar-refractivity contribution is -0.133. The fourth-order valence-corrected chi connectivity index (χ4v) is 6.18. The molecule has 1 aromatic carbocycles. The number of carbonyl (C=O) groups is 1. The Morgan fingerprint density at radius 1 is 1.30 bits per heavy atom. The Bertz CT molecular complexity index is 1140. The van der Waals surface area contributed by atoms with Gasteiger partial charge in [0.1, 0.15) is 4.83 Å². The zero-order valence-electron chi connectivity index (χ0n) is 17.5. The lowest BCUT2D eigenvalue weighted by atomic mass is 9.72. The molecule has 0 amide bonds. The van der Waals surface area contributed by atoms with Crippen molar-refractivity contribution in [3.05, 3.63) is 56.7 Å². The standard InChI is InChI=1S/C23H26N2O3S2/c1-23(2,3)15-9-10-16-17(11-15)30-20-19(16)21(28)25(12-14-7-5-4-6-8-14)22(24-20)29-13-18(26)27/h4-8,15H,9-13H2,1-3H3,(H,26,27)/t15-/m0/s1. The molecule has 0 unspecified atom stereocenters. The van der Waals surface area contributed by atoms with Gasteiger partial charge < -0.3 is 5.11 Å². The van der Waals surface area contributed by atoms with E-state index in [2.05, 4.69) is 20.8 Å². The Balaban J connectivity index is 1.82. The minimum atomic E-state index is -0.917. The van der Waals surface area contributed by atoms with Gasteiger partial charge in [-0.3, -0.25) is 14.2 Å². The third-order valence-electron chi connectivity index (χ3n) is 5.87. The van der Waals surface area contributed by atoms with Gasteiger partial charge in [-0.15, -0.1) is 11.3 Å². The first-order valence-electron chi connectivity index (χ1n) is 10.2. The van der Waals surface area contributed by atoms with Gasteiger partial charge in [0.25, 0.3) is 5.56 Å². The maximum absolute atomic E-state index is 13.6. The lowest BCUT2D eigenvalue weighted by Crippen LogP contribution is -2.27. The third-order valence-corrected chi connectivity index (χ3v) is 7.98. The van der Waals surface area contributed by atoms with E-state index >= 15 is 0 Å². The zero-order valence-corrected chi connectivity index (χ0v) is 19.1. The van der Waals surface area contributed by atoms with Gasteiger partial charge >= 0.3 is 5.97 Å². The molecule has 1 atom stereocenters. The molecule has 5 nitrogen and oxygen atoms in total. The highest BCUT2D eigenvalue weighted by Crippen LogP contribution is 2.42. The summed E-state index contributed by atoms with van der Waals surface area (Å²) in [7, 11) is 0. The number of nitrogens with zero attached hydrogens (tertiary/aromatic N) is 2. The molecule has 0 aliphatic heterocycles. The number of carboxylic acids is 1. The van der Waals surface area contributed by atoms with Gasteiger partial charge in [0.15, 0.2) is 5.16 Å². The Hall–Kier alpha value is -2.12. The van der Waals surface area contributed by atoms with Crippen molar-refractivity contribution in [3.63, 3.8) is 0 Å². The van der Waals surface area contributed by atoms with Crippen molar-refractivity contribution in [2.75, 3.05) is 5.75 Å². The van der Waals surface area contributed by atoms with Gasteiger partial charge in [-0.2, -0.15) is 0 Å². The predicted molar refractivity (Wildman–Crippen MR) is 123 cm³/mol. The number of thioether (sulfide) groups is 1. The quantitative estimate of drug-likeness (QED) is 0.452. The van der Waals surface area contributed by atoms with Crippen LogP contribution in [0.2, 0.25) is 0 Å². The van der Waals surface area contributed by atoms with E-state index in [-0.39, 0.29) is 16.7 Å². The second kappa shape index (κ2) is 8.19. The van der Waals surface area contributed by atoms with E-state index < -0.39 is 5.97 Å². The minimum absolute atomic E-state index is 0.0524. The fourth-order valence-electron chi connectivity index (χ4n) is 4.12. The molecule has 0 bridgehead atoms. The number of hydrogen-bond donors (Lipinski definition) is 1. The smallest absolute Gasteiger partial charge is 0.313 e. The molecular formula is C23H26N2O3S2. The average molecular weight is 443 g/mol.